The number of carbonyl (C=O) groups is 1. The lowest BCUT2D eigenvalue weighted by Gasteiger charge is -2.39. The van der Waals surface area contributed by atoms with Crippen LogP contribution in [0.4, 0.5) is 5.69 Å². The second kappa shape index (κ2) is 13.6. The van der Waals surface area contributed by atoms with Gasteiger partial charge in [-0.1, -0.05) is 41.0 Å². The van der Waals surface area contributed by atoms with Crippen molar-refractivity contribution in [3.63, 3.8) is 0 Å². The number of hydrogen-bond acceptors (Lipinski definition) is 3. The van der Waals surface area contributed by atoms with E-state index in [-0.39, 0.29) is 5.91 Å². The smallest absolute Gasteiger partial charge is 0.251 e. The van der Waals surface area contributed by atoms with E-state index in [1.165, 1.54) is 45.2 Å². The summed E-state index contributed by atoms with van der Waals surface area (Å²) < 4.78 is 0. The average Bonchev–Trinajstić information content (AvgIpc) is 2.78. The Kier molecular flexibility index (Phi) is 11.9. The molecule has 3 N–H and O–H groups in total. The molecule has 2 fully saturated rings. The van der Waals surface area contributed by atoms with E-state index >= 15 is 0 Å². The van der Waals surface area contributed by atoms with Crippen molar-refractivity contribution >= 4 is 11.6 Å². The van der Waals surface area contributed by atoms with Gasteiger partial charge in [-0.3, -0.25) is 4.79 Å². The molecule has 1 saturated carbocycles. The Morgan fingerprint density at radius 2 is 1.64 bits per heavy atom. The van der Waals surface area contributed by atoms with Crippen molar-refractivity contribution in [2.24, 2.45) is 0 Å². The predicted molar refractivity (Wildman–Crippen MR) is 122 cm³/mol. The van der Waals surface area contributed by atoms with Gasteiger partial charge in [0.15, 0.2) is 0 Å². The minimum Gasteiger partial charge on any atom is -0.399 e. The Balaban J connectivity index is 0.000000921. The Morgan fingerprint density at radius 1 is 1.04 bits per heavy atom. The van der Waals surface area contributed by atoms with Gasteiger partial charge in [0.25, 0.3) is 5.91 Å². The maximum Gasteiger partial charge on any atom is 0.251 e. The predicted octanol–water partition coefficient (Wildman–Crippen LogP) is 5.41. The maximum absolute atomic E-state index is 12.5. The van der Waals surface area contributed by atoms with Crippen LogP contribution in [0.15, 0.2) is 18.2 Å². The molecule has 1 aliphatic heterocycles. The van der Waals surface area contributed by atoms with Crippen molar-refractivity contribution in [2.45, 2.75) is 98.1 Å². The fraction of sp³-hybridized carbons (Fsp3) is 0.708. The van der Waals surface area contributed by atoms with Crippen LogP contribution in [0.25, 0.3) is 0 Å². The van der Waals surface area contributed by atoms with E-state index in [0.29, 0.717) is 6.04 Å². The number of carbonyl (C=O) groups excluding carboxylic acids is 1. The molecule has 3 rings (SSSR count). The first-order chi connectivity index (χ1) is 13.7. The molecule has 0 atom stereocenters. The third-order valence-electron chi connectivity index (χ3n) is 5.73. The van der Waals surface area contributed by atoms with Gasteiger partial charge >= 0.3 is 0 Å². The summed E-state index contributed by atoms with van der Waals surface area (Å²) in [6.45, 7) is 12.6. The number of nitrogens with zero attached hydrogens (tertiary/aromatic N) is 1. The number of likely N-dealkylation sites (tertiary alicyclic amines) is 1. The van der Waals surface area contributed by atoms with Crippen molar-refractivity contribution in [2.75, 3.05) is 18.8 Å². The van der Waals surface area contributed by atoms with Gasteiger partial charge in [0.1, 0.15) is 0 Å². The van der Waals surface area contributed by atoms with Gasteiger partial charge in [0.2, 0.25) is 0 Å². The summed E-state index contributed by atoms with van der Waals surface area (Å²) in [4.78, 5) is 15.2. The summed E-state index contributed by atoms with van der Waals surface area (Å²) in [5.74, 6) is 0.0473. The molecule has 2 aliphatic rings. The molecule has 4 nitrogen and oxygen atoms in total. The molecule has 0 bridgehead atoms. The van der Waals surface area contributed by atoms with Crippen LogP contribution < -0.4 is 11.1 Å². The summed E-state index contributed by atoms with van der Waals surface area (Å²) in [6, 6.07) is 6.68. The molecule has 28 heavy (non-hydrogen) atoms. The molecule has 0 unspecified atom stereocenters. The van der Waals surface area contributed by atoms with Crippen LogP contribution in [0.3, 0.4) is 0 Å². The molecular weight excluding hydrogens is 346 g/mol. The van der Waals surface area contributed by atoms with Crippen molar-refractivity contribution in [1.82, 2.24) is 10.2 Å². The molecule has 0 aromatic heterocycles. The Bertz CT molecular complexity index is 559. The van der Waals surface area contributed by atoms with Crippen LogP contribution in [0.2, 0.25) is 0 Å². The Hall–Kier alpha value is -1.55. The standard InChI is InChI=1S/C20H31N3O.2C2H6/c1-2-15-14-16(6-11-19(15)21)20(24)22-17-7-9-18(10-8-17)23-12-4-3-5-13-23;2*1-2/h6,11,14,17-18H,2-5,7-10,12-13,21H2,1H3,(H,22,24);2*1-2H3. The first kappa shape index (κ1) is 24.5. The lowest BCUT2D eigenvalue weighted by atomic mass is 9.89. The van der Waals surface area contributed by atoms with Crippen molar-refractivity contribution in [3.8, 4) is 0 Å². The highest BCUT2D eigenvalue weighted by Crippen LogP contribution is 2.26. The molecule has 1 saturated heterocycles. The van der Waals surface area contributed by atoms with Gasteiger partial charge in [-0.25, -0.2) is 0 Å². The van der Waals surface area contributed by atoms with E-state index in [1.54, 1.807) is 0 Å². The van der Waals surface area contributed by atoms with Gasteiger partial charge < -0.3 is 16.0 Å². The zero-order valence-electron chi connectivity index (χ0n) is 18.9. The molecule has 160 valence electrons. The lowest BCUT2D eigenvalue weighted by Crippen LogP contribution is -2.45. The fourth-order valence-corrected chi connectivity index (χ4v) is 4.19. The number of aryl methyl sites for hydroxylation is 1. The highest BCUT2D eigenvalue weighted by atomic mass is 16.1. The summed E-state index contributed by atoms with van der Waals surface area (Å²) in [5.41, 5.74) is 8.50. The number of benzene rings is 1. The molecule has 0 radical (unpaired) electrons. The van der Waals surface area contributed by atoms with Crippen molar-refractivity contribution in [1.29, 1.82) is 0 Å². The second-order valence-electron chi connectivity index (χ2n) is 7.34. The van der Waals surface area contributed by atoms with E-state index < -0.39 is 0 Å². The normalized spacial score (nSPS) is 22.2. The zero-order chi connectivity index (χ0) is 20.9. The Labute approximate surface area is 173 Å². The van der Waals surface area contributed by atoms with Gasteiger partial charge in [0.05, 0.1) is 0 Å². The summed E-state index contributed by atoms with van der Waals surface area (Å²) >= 11 is 0. The van der Waals surface area contributed by atoms with E-state index in [4.69, 9.17) is 5.73 Å². The quantitative estimate of drug-likeness (QED) is 0.677. The van der Waals surface area contributed by atoms with Crippen molar-refractivity contribution < 1.29 is 4.79 Å². The third kappa shape index (κ3) is 7.12. The first-order valence-corrected chi connectivity index (χ1v) is 11.6. The third-order valence-corrected chi connectivity index (χ3v) is 5.73. The topological polar surface area (TPSA) is 58.4 Å². The first-order valence-electron chi connectivity index (χ1n) is 11.6. The van der Waals surface area contributed by atoms with Crippen LogP contribution in [0, 0.1) is 0 Å². The van der Waals surface area contributed by atoms with Gasteiger partial charge in [-0.2, -0.15) is 0 Å². The monoisotopic (exact) mass is 389 g/mol. The number of hydrogen-bond donors (Lipinski definition) is 2. The maximum atomic E-state index is 12.5. The molecular formula is C24H43N3O. The highest BCUT2D eigenvalue weighted by Gasteiger charge is 2.27. The van der Waals surface area contributed by atoms with Crippen LogP contribution in [0.1, 0.15) is 95.5 Å². The van der Waals surface area contributed by atoms with E-state index in [1.807, 2.05) is 45.9 Å². The molecule has 1 aromatic carbocycles. The minimum absolute atomic E-state index is 0.0473. The van der Waals surface area contributed by atoms with E-state index in [2.05, 4.69) is 17.1 Å². The zero-order valence-corrected chi connectivity index (χ0v) is 18.9. The lowest BCUT2D eigenvalue weighted by molar-refractivity contribution is 0.0887. The minimum atomic E-state index is 0.0473. The number of nitrogens with two attached hydrogens (primary N) is 1. The number of piperidine rings is 1. The molecule has 4 heteroatoms. The number of anilines is 1. The number of amides is 1. The second-order valence-corrected chi connectivity index (χ2v) is 7.34. The van der Waals surface area contributed by atoms with E-state index in [9.17, 15) is 4.79 Å². The SMILES string of the molecule is CC.CC.CCc1cc(C(=O)NC2CCC(N3CCCCC3)CC2)ccc1N. The largest absolute Gasteiger partial charge is 0.399 e. The van der Waals surface area contributed by atoms with E-state index in [0.717, 1.165) is 42.1 Å². The van der Waals surface area contributed by atoms with Crippen LogP contribution >= 0.6 is 0 Å². The van der Waals surface area contributed by atoms with Crippen molar-refractivity contribution in [3.05, 3.63) is 29.3 Å². The molecule has 1 aromatic rings. The molecule has 1 heterocycles. The average molecular weight is 390 g/mol. The van der Waals surface area contributed by atoms with Crippen LogP contribution in [-0.4, -0.2) is 36.0 Å². The number of rotatable bonds is 4. The fourth-order valence-electron chi connectivity index (χ4n) is 4.19. The van der Waals surface area contributed by atoms with Gasteiger partial charge in [-0.15, -0.1) is 0 Å². The highest BCUT2D eigenvalue weighted by molar-refractivity contribution is 5.95. The number of nitrogen functional groups attached to an aromatic ring is 1. The van der Waals surface area contributed by atoms with Gasteiger partial charge in [-0.05, 0) is 81.8 Å². The van der Waals surface area contributed by atoms with Gasteiger partial charge in [0, 0.05) is 23.3 Å². The molecule has 1 aliphatic carbocycles. The molecule has 0 spiro atoms. The van der Waals surface area contributed by atoms with Crippen LogP contribution in [-0.2, 0) is 6.42 Å². The van der Waals surface area contributed by atoms with Crippen LogP contribution in [0.5, 0.6) is 0 Å². The molecule has 1 amide bonds. The number of nitrogens with one attached hydrogen (secondary N) is 1. The summed E-state index contributed by atoms with van der Waals surface area (Å²) in [5, 5.41) is 3.23. The summed E-state index contributed by atoms with van der Waals surface area (Å²) in [6.07, 6.45) is 9.59. The summed E-state index contributed by atoms with van der Waals surface area (Å²) in [7, 11) is 0. The Morgan fingerprint density at radius 3 is 2.21 bits per heavy atom.